The quantitative estimate of drug-likeness (QED) is 0.745. The molecule has 0 aliphatic carbocycles. The largest absolute Gasteiger partial charge is 0.468 e. The molecule has 1 atom stereocenters. The molecule has 0 unspecified atom stereocenters. The first-order valence-corrected chi connectivity index (χ1v) is 10.6. The number of rotatable bonds is 6. The van der Waals surface area contributed by atoms with Crippen molar-refractivity contribution in [3.63, 3.8) is 0 Å². The van der Waals surface area contributed by atoms with Gasteiger partial charge in [0.15, 0.2) is 0 Å². The number of nitrogens with one attached hydrogen (secondary N) is 1. The molecule has 0 spiro atoms. The Hall–Kier alpha value is -2.70. The fraction of sp³-hybridized carbons (Fsp3) is 0.417. The van der Waals surface area contributed by atoms with Crippen molar-refractivity contribution in [1.29, 1.82) is 0 Å². The molecule has 2 aromatic rings. The van der Waals surface area contributed by atoms with Crippen LogP contribution in [0.15, 0.2) is 54.6 Å². The third-order valence-corrected chi connectivity index (χ3v) is 6.16. The van der Waals surface area contributed by atoms with Crippen molar-refractivity contribution in [3.8, 4) is 0 Å². The number of methoxy groups -OCH3 is 1. The second-order valence-corrected chi connectivity index (χ2v) is 8.15. The Morgan fingerprint density at radius 3 is 2.63 bits per heavy atom. The molecular formula is C24H29N3O3. The van der Waals surface area contributed by atoms with Gasteiger partial charge in [-0.05, 0) is 43.0 Å². The summed E-state index contributed by atoms with van der Waals surface area (Å²) in [5, 5.41) is 3.30. The zero-order valence-electron chi connectivity index (χ0n) is 17.5. The molecular weight excluding hydrogens is 378 g/mol. The molecule has 2 heterocycles. The van der Waals surface area contributed by atoms with Crippen LogP contribution in [0, 0.1) is 0 Å². The molecule has 0 aromatic heterocycles. The van der Waals surface area contributed by atoms with Gasteiger partial charge in [0.25, 0.3) is 0 Å². The second kappa shape index (κ2) is 8.98. The SMILES string of the molecule is COC(=O)[C@@]1(NCC(=O)N2CCc3ccccc32)CCCN(Cc2ccccc2)C1. The number of para-hydroxylation sites is 1. The second-order valence-electron chi connectivity index (χ2n) is 8.15. The molecule has 2 aliphatic rings. The number of hydrogen-bond donors (Lipinski definition) is 1. The standard InChI is InChI=1S/C24H29N3O3/c1-30-23(29)24(13-7-14-26(18-24)17-19-8-3-2-4-9-19)25-16-22(28)27-15-12-20-10-5-6-11-21(20)27/h2-6,8-11,25H,7,12-18H2,1H3/t24-/m1/s1. The Bertz CT molecular complexity index is 902. The lowest BCUT2D eigenvalue weighted by Crippen LogP contribution is -2.63. The predicted molar refractivity (Wildman–Crippen MR) is 116 cm³/mol. The summed E-state index contributed by atoms with van der Waals surface area (Å²) in [5.74, 6) is -0.307. The summed E-state index contributed by atoms with van der Waals surface area (Å²) in [7, 11) is 1.42. The van der Waals surface area contributed by atoms with Crippen molar-refractivity contribution < 1.29 is 14.3 Å². The molecule has 30 heavy (non-hydrogen) atoms. The fourth-order valence-corrected chi connectivity index (χ4v) is 4.64. The monoisotopic (exact) mass is 407 g/mol. The minimum absolute atomic E-state index is 0.0107. The van der Waals surface area contributed by atoms with E-state index in [0.29, 0.717) is 19.5 Å². The highest BCUT2D eigenvalue weighted by Crippen LogP contribution is 2.28. The van der Waals surface area contributed by atoms with Gasteiger partial charge in [-0.3, -0.25) is 19.8 Å². The highest BCUT2D eigenvalue weighted by molar-refractivity contribution is 5.97. The third kappa shape index (κ3) is 4.25. The first-order valence-electron chi connectivity index (χ1n) is 10.6. The number of carbonyl (C=O) groups excluding carboxylic acids is 2. The summed E-state index contributed by atoms with van der Waals surface area (Å²) in [4.78, 5) is 29.8. The number of likely N-dealkylation sites (tertiary alicyclic amines) is 1. The minimum Gasteiger partial charge on any atom is -0.468 e. The van der Waals surface area contributed by atoms with Crippen molar-refractivity contribution in [2.24, 2.45) is 0 Å². The maximum absolute atomic E-state index is 13.0. The number of benzene rings is 2. The first kappa shape index (κ1) is 20.6. The van der Waals surface area contributed by atoms with Crippen LogP contribution < -0.4 is 10.2 Å². The van der Waals surface area contributed by atoms with Crippen molar-refractivity contribution in [1.82, 2.24) is 10.2 Å². The molecule has 158 valence electrons. The smallest absolute Gasteiger partial charge is 0.327 e. The lowest BCUT2D eigenvalue weighted by Gasteiger charge is -2.41. The van der Waals surface area contributed by atoms with E-state index in [2.05, 4.69) is 28.4 Å². The summed E-state index contributed by atoms with van der Waals surface area (Å²) < 4.78 is 5.15. The summed E-state index contributed by atoms with van der Waals surface area (Å²) in [6.07, 6.45) is 2.40. The summed E-state index contributed by atoms with van der Waals surface area (Å²) in [6.45, 7) is 3.02. The zero-order valence-corrected chi connectivity index (χ0v) is 17.5. The number of hydrogen-bond acceptors (Lipinski definition) is 5. The van der Waals surface area contributed by atoms with Crippen LogP contribution >= 0.6 is 0 Å². The van der Waals surface area contributed by atoms with E-state index < -0.39 is 5.54 Å². The van der Waals surface area contributed by atoms with Crippen LogP contribution in [0.4, 0.5) is 5.69 Å². The van der Waals surface area contributed by atoms with Crippen LogP contribution in [0.3, 0.4) is 0 Å². The molecule has 0 saturated carbocycles. The number of esters is 1. The number of anilines is 1. The molecule has 1 saturated heterocycles. The summed E-state index contributed by atoms with van der Waals surface area (Å²) in [6, 6.07) is 18.2. The molecule has 0 bridgehead atoms. The number of amides is 1. The topological polar surface area (TPSA) is 61.9 Å². The molecule has 0 radical (unpaired) electrons. The maximum atomic E-state index is 13.0. The van der Waals surface area contributed by atoms with Gasteiger partial charge in [0.1, 0.15) is 5.54 Å². The normalized spacial score (nSPS) is 21.3. The van der Waals surface area contributed by atoms with Gasteiger partial charge in [-0.1, -0.05) is 48.5 Å². The molecule has 1 fully saturated rings. The molecule has 1 amide bonds. The lowest BCUT2D eigenvalue weighted by molar-refractivity contribution is -0.151. The van der Waals surface area contributed by atoms with E-state index in [4.69, 9.17) is 4.74 Å². The number of ether oxygens (including phenoxy) is 1. The van der Waals surface area contributed by atoms with Crippen LogP contribution in [-0.2, 0) is 27.3 Å². The first-order chi connectivity index (χ1) is 14.6. The van der Waals surface area contributed by atoms with Crippen LogP contribution in [-0.4, -0.2) is 55.6 Å². The van der Waals surface area contributed by atoms with Crippen molar-refractivity contribution in [3.05, 3.63) is 65.7 Å². The van der Waals surface area contributed by atoms with Gasteiger partial charge in [-0.2, -0.15) is 0 Å². The van der Waals surface area contributed by atoms with E-state index in [9.17, 15) is 9.59 Å². The summed E-state index contributed by atoms with van der Waals surface area (Å²) in [5.41, 5.74) is 2.52. The van der Waals surface area contributed by atoms with Gasteiger partial charge >= 0.3 is 5.97 Å². The maximum Gasteiger partial charge on any atom is 0.327 e. The van der Waals surface area contributed by atoms with Crippen LogP contribution in [0.2, 0.25) is 0 Å². The Labute approximate surface area is 177 Å². The van der Waals surface area contributed by atoms with Gasteiger partial charge in [0.2, 0.25) is 5.91 Å². The predicted octanol–water partition coefficient (Wildman–Crippen LogP) is 2.37. The summed E-state index contributed by atoms with van der Waals surface area (Å²) >= 11 is 0. The van der Waals surface area contributed by atoms with Gasteiger partial charge in [-0.15, -0.1) is 0 Å². The van der Waals surface area contributed by atoms with Crippen LogP contribution in [0.1, 0.15) is 24.0 Å². The number of fused-ring (bicyclic) bond motifs is 1. The van der Waals surface area contributed by atoms with E-state index in [1.165, 1.54) is 18.2 Å². The molecule has 2 aliphatic heterocycles. The zero-order chi connectivity index (χ0) is 21.0. The molecule has 2 aromatic carbocycles. The third-order valence-electron chi connectivity index (χ3n) is 6.16. The van der Waals surface area contributed by atoms with Crippen molar-refractivity contribution in [2.45, 2.75) is 31.3 Å². The van der Waals surface area contributed by atoms with E-state index >= 15 is 0 Å². The Morgan fingerprint density at radius 1 is 1.07 bits per heavy atom. The highest BCUT2D eigenvalue weighted by atomic mass is 16.5. The number of nitrogens with zero attached hydrogens (tertiary/aromatic N) is 2. The van der Waals surface area contributed by atoms with Gasteiger partial charge < -0.3 is 9.64 Å². The fourth-order valence-electron chi connectivity index (χ4n) is 4.64. The number of piperidine rings is 1. The Balaban J connectivity index is 1.44. The molecule has 4 rings (SSSR count). The van der Waals surface area contributed by atoms with E-state index in [1.54, 1.807) is 0 Å². The molecule has 1 N–H and O–H groups in total. The van der Waals surface area contributed by atoms with E-state index in [1.807, 2.05) is 41.3 Å². The average molecular weight is 408 g/mol. The van der Waals surface area contributed by atoms with Crippen molar-refractivity contribution in [2.75, 3.05) is 38.2 Å². The number of carbonyl (C=O) groups is 2. The molecule has 6 nitrogen and oxygen atoms in total. The Kier molecular flexibility index (Phi) is 6.16. The lowest BCUT2D eigenvalue weighted by atomic mass is 9.88. The van der Waals surface area contributed by atoms with Crippen molar-refractivity contribution >= 4 is 17.6 Å². The van der Waals surface area contributed by atoms with E-state index in [0.717, 1.165) is 31.6 Å². The minimum atomic E-state index is -0.864. The highest BCUT2D eigenvalue weighted by Gasteiger charge is 2.43. The van der Waals surface area contributed by atoms with Crippen LogP contribution in [0.25, 0.3) is 0 Å². The Morgan fingerprint density at radius 2 is 1.83 bits per heavy atom. The average Bonchev–Trinajstić information content (AvgIpc) is 3.22. The van der Waals surface area contributed by atoms with E-state index in [-0.39, 0.29) is 18.4 Å². The van der Waals surface area contributed by atoms with Gasteiger partial charge in [0.05, 0.1) is 13.7 Å². The van der Waals surface area contributed by atoms with Gasteiger partial charge in [-0.25, -0.2) is 0 Å². The van der Waals surface area contributed by atoms with Crippen LogP contribution in [0.5, 0.6) is 0 Å². The molecule has 6 heteroatoms. The van der Waals surface area contributed by atoms with Gasteiger partial charge in [0, 0.05) is 25.3 Å².